The van der Waals surface area contributed by atoms with Gasteiger partial charge in [-0.25, -0.2) is 0 Å². The van der Waals surface area contributed by atoms with Gasteiger partial charge in [0.2, 0.25) is 5.91 Å². The number of likely N-dealkylation sites (tertiary alicyclic amines) is 1. The van der Waals surface area contributed by atoms with Crippen LogP contribution in [0.1, 0.15) is 51.9 Å². The summed E-state index contributed by atoms with van der Waals surface area (Å²) in [6.07, 6.45) is 7.71. The van der Waals surface area contributed by atoms with E-state index in [1.165, 1.54) is 12.8 Å². The molecule has 1 saturated heterocycles. The van der Waals surface area contributed by atoms with Gasteiger partial charge in [0.05, 0.1) is 6.04 Å². The lowest BCUT2D eigenvalue weighted by Crippen LogP contribution is -2.45. The highest BCUT2D eigenvalue weighted by atomic mass is 16.2. The lowest BCUT2D eigenvalue weighted by atomic mass is 10.2. The molecule has 4 heteroatoms. The Morgan fingerprint density at radius 1 is 1.17 bits per heavy atom. The minimum Gasteiger partial charge on any atom is -0.396 e. The van der Waals surface area contributed by atoms with Gasteiger partial charge in [-0.2, -0.15) is 0 Å². The number of rotatable bonds is 7. The van der Waals surface area contributed by atoms with Gasteiger partial charge in [-0.15, -0.1) is 0 Å². The van der Waals surface area contributed by atoms with Crippen LogP contribution in [0, 0.1) is 0 Å². The Morgan fingerprint density at radius 3 is 2.44 bits per heavy atom. The number of carbonyl (C=O) groups excluding carboxylic acids is 1. The van der Waals surface area contributed by atoms with Gasteiger partial charge < -0.3 is 15.3 Å². The average molecular weight is 256 g/mol. The summed E-state index contributed by atoms with van der Waals surface area (Å²) in [5.74, 6) is 0.249. The van der Waals surface area contributed by atoms with Crippen molar-refractivity contribution >= 4 is 5.91 Å². The minimum atomic E-state index is -0.0720. The third kappa shape index (κ3) is 5.83. The average Bonchev–Trinajstić information content (AvgIpc) is 2.66. The van der Waals surface area contributed by atoms with E-state index >= 15 is 0 Å². The van der Waals surface area contributed by atoms with Gasteiger partial charge in [0.25, 0.3) is 0 Å². The smallest absolute Gasteiger partial charge is 0.239 e. The van der Waals surface area contributed by atoms with Crippen LogP contribution in [0.3, 0.4) is 0 Å². The first-order valence-corrected chi connectivity index (χ1v) is 7.38. The maximum atomic E-state index is 12.2. The molecule has 1 heterocycles. The molecule has 2 N–H and O–H groups in total. The van der Waals surface area contributed by atoms with Gasteiger partial charge in [0.15, 0.2) is 0 Å². The fourth-order valence-electron chi connectivity index (χ4n) is 2.38. The Hall–Kier alpha value is -0.610. The summed E-state index contributed by atoms with van der Waals surface area (Å²) in [5, 5.41) is 12.0. The number of unbranched alkanes of at least 4 members (excludes halogenated alkanes) is 2. The van der Waals surface area contributed by atoms with Crippen LogP contribution in [0.5, 0.6) is 0 Å². The number of carbonyl (C=O) groups is 1. The van der Waals surface area contributed by atoms with E-state index in [1.54, 1.807) is 0 Å². The van der Waals surface area contributed by atoms with Crippen molar-refractivity contribution in [1.29, 1.82) is 0 Å². The maximum absolute atomic E-state index is 12.2. The van der Waals surface area contributed by atoms with Crippen LogP contribution < -0.4 is 5.32 Å². The summed E-state index contributed by atoms with van der Waals surface area (Å²) in [6.45, 7) is 4.94. The largest absolute Gasteiger partial charge is 0.396 e. The molecule has 1 aliphatic heterocycles. The van der Waals surface area contributed by atoms with Crippen molar-refractivity contribution in [2.75, 3.05) is 26.2 Å². The number of aliphatic hydroxyl groups is 1. The van der Waals surface area contributed by atoms with E-state index in [2.05, 4.69) is 5.32 Å². The molecule has 0 aromatic carbocycles. The van der Waals surface area contributed by atoms with E-state index in [-0.39, 0.29) is 18.6 Å². The van der Waals surface area contributed by atoms with Crippen molar-refractivity contribution in [3.8, 4) is 0 Å². The molecule has 1 aliphatic rings. The molecule has 0 bridgehead atoms. The van der Waals surface area contributed by atoms with Crippen molar-refractivity contribution in [2.45, 2.75) is 57.9 Å². The molecule has 1 rings (SSSR count). The second-order valence-corrected chi connectivity index (χ2v) is 5.20. The minimum absolute atomic E-state index is 0.0720. The Kier molecular flexibility index (Phi) is 8.01. The highest BCUT2D eigenvalue weighted by Crippen LogP contribution is 2.10. The summed E-state index contributed by atoms with van der Waals surface area (Å²) in [5.41, 5.74) is 0. The standard InChI is InChI=1S/C14H28N2O2/c1-13(15-9-5-4-8-12-17)14(18)16-10-6-2-3-7-11-16/h13,15,17H,2-12H2,1H3. The SMILES string of the molecule is CC(NCCCCCO)C(=O)N1CCCCCC1. The fourth-order valence-corrected chi connectivity index (χ4v) is 2.38. The van der Waals surface area contributed by atoms with E-state index in [0.717, 1.165) is 51.7 Å². The van der Waals surface area contributed by atoms with Crippen LogP contribution in [0.4, 0.5) is 0 Å². The maximum Gasteiger partial charge on any atom is 0.239 e. The van der Waals surface area contributed by atoms with Gasteiger partial charge >= 0.3 is 0 Å². The number of nitrogens with zero attached hydrogens (tertiary/aromatic N) is 1. The molecule has 1 unspecified atom stereocenters. The lowest BCUT2D eigenvalue weighted by Gasteiger charge is -2.24. The monoisotopic (exact) mass is 256 g/mol. The highest BCUT2D eigenvalue weighted by Gasteiger charge is 2.20. The summed E-state index contributed by atoms with van der Waals surface area (Å²) in [4.78, 5) is 14.2. The Balaban J connectivity index is 2.18. The lowest BCUT2D eigenvalue weighted by molar-refractivity contribution is -0.133. The van der Waals surface area contributed by atoms with Gasteiger partial charge in [-0.1, -0.05) is 12.8 Å². The second kappa shape index (κ2) is 9.34. The highest BCUT2D eigenvalue weighted by molar-refractivity contribution is 5.81. The summed E-state index contributed by atoms with van der Waals surface area (Å²) < 4.78 is 0. The molecule has 1 atom stereocenters. The molecule has 0 aliphatic carbocycles. The second-order valence-electron chi connectivity index (χ2n) is 5.20. The third-order valence-corrected chi connectivity index (χ3v) is 3.57. The van der Waals surface area contributed by atoms with Crippen molar-refractivity contribution in [3.05, 3.63) is 0 Å². The van der Waals surface area contributed by atoms with Crippen LogP contribution in [-0.2, 0) is 4.79 Å². The van der Waals surface area contributed by atoms with Crippen LogP contribution in [0.2, 0.25) is 0 Å². The van der Waals surface area contributed by atoms with Crippen LogP contribution in [0.25, 0.3) is 0 Å². The number of nitrogens with one attached hydrogen (secondary N) is 1. The van der Waals surface area contributed by atoms with E-state index in [9.17, 15) is 4.79 Å². The molecule has 106 valence electrons. The van der Waals surface area contributed by atoms with Gasteiger partial charge in [0.1, 0.15) is 0 Å². The predicted octanol–water partition coefficient (Wildman–Crippen LogP) is 1.53. The summed E-state index contributed by atoms with van der Waals surface area (Å²) in [6, 6.07) is -0.0720. The number of amides is 1. The van der Waals surface area contributed by atoms with Crippen LogP contribution in [0.15, 0.2) is 0 Å². The molecule has 18 heavy (non-hydrogen) atoms. The topological polar surface area (TPSA) is 52.6 Å². The van der Waals surface area contributed by atoms with Gasteiger partial charge in [-0.3, -0.25) is 4.79 Å². The zero-order valence-corrected chi connectivity index (χ0v) is 11.7. The molecule has 0 aromatic rings. The fraction of sp³-hybridized carbons (Fsp3) is 0.929. The first-order valence-electron chi connectivity index (χ1n) is 7.38. The van der Waals surface area contributed by atoms with E-state index in [1.807, 2.05) is 11.8 Å². The first-order chi connectivity index (χ1) is 8.75. The summed E-state index contributed by atoms with van der Waals surface area (Å²) in [7, 11) is 0. The molecule has 0 aromatic heterocycles. The molecule has 0 radical (unpaired) electrons. The molecular formula is C14H28N2O2. The van der Waals surface area contributed by atoms with Crippen molar-refractivity contribution in [3.63, 3.8) is 0 Å². The van der Waals surface area contributed by atoms with Crippen molar-refractivity contribution in [2.24, 2.45) is 0 Å². The molecule has 1 fully saturated rings. The molecule has 4 nitrogen and oxygen atoms in total. The Morgan fingerprint density at radius 2 is 1.83 bits per heavy atom. The normalized spacial score (nSPS) is 18.4. The van der Waals surface area contributed by atoms with Gasteiger partial charge in [-0.05, 0) is 45.6 Å². The third-order valence-electron chi connectivity index (χ3n) is 3.57. The molecule has 0 saturated carbocycles. The Labute approximate surface area is 111 Å². The zero-order chi connectivity index (χ0) is 13.2. The number of hydrogen-bond donors (Lipinski definition) is 2. The molecular weight excluding hydrogens is 228 g/mol. The van der Waals surface area contributed by atoms with E-state index < -0.39 is 0 Å². The quantitative estimate of drug-likeness (QED) is 0.679. The van der Waals surface area contributed by atoms with Crippen molar-refractivity contribution < 1.29 is 9.90 Å². The number of hydrogen-bond acceptors (Lipinski definition) is 3. The predicted molar refractivity (Wildman–Crippen MR) is 73.4 cm³/mol. The summed E-state index contributed by atoms with van der Waals surface area (Å²) >= 11 is 0. The number of aliphatic hydroxyl groups excluding tert-OH is 1. The molecule has 1 amide bonds. The van der Waals surface area contributed by atoms with E-state index in [4.69, 9.17) is 5.11 Å². The molecule has 0 spiro atoms. The zero-order valence-electron chi connectivity index (χ0n) is 11.7. The van der Waals surface area contributed by atoms with Crippen LogP contribution in [-0.4, -0.2) is 48.2 Å². The van der Waals surface area contributed by atoms with Crippen LogP contribution >= 0.6 is 0 Å². The first kappa shape index (κ1) is 15.4. The van der Waals surface area contributed by atoms with E-state index in [0.29, 0.717) is 0 Å². The Bertz CT molecular complexity index is 226. The van der Waals surface area contributed by atoms with Crippen molar-refractivity contribution in [1.82, 2.24) is 10.2 Å². The van der Waals surface area contributed by atoms with Gasteiger partial charge in [0, 0.05) is 19.7 Å².